The first-order chi connectivity index (χ1) is 12.5. The van der Waals surface area contributed by atoms with Crippen LogP contribution in [0.5, 0.6) is 5.75 Å². The fourth-order valence-corrected chi connectivity index (χ4v) is 3.31. The Bertz CT molecular complexity index is 824. The second kappa shape index (κ2) is 10.9. The summed E-state index contributed by atoms with van der Waals surface area (Å²) in [6, 6.07) is 12.7. The number of benzene rings is 2. The Balaban J connectivity index is 0.00000364. The number of methoxy groups -OCH3 is 1. The lowest BCUT2D eigenvalue weighted by Gasteiger charge is -2.08. The summed E-state index contributed by atoms with van der Waals surface area (Å²) in [5.74, 6) is 0.230. The molecule has 148 valence electrons. The van der Waals surface area contributed by atoms with Crippen molar-refractivity contribution in [2.45, 2.75) is 4.90 Å². The van der Waals surface area contributed by atoms with Crippen molar-refractivity contribution in [3.05, 3.63) is 54.1 Å². The smallest absolute Gasteiger partial charge is 0.255 e. The van der Waals surface area contributed by atoms with Gasteiger partial charge in [-0.2, -0.15) is 0 Å². The molecule has 0 radical (unpaired) electrons. The molecule has 0 unspecified atom stereocenters. The van der Waals surface area contributed by atoms with Crippen LogP contribution in [0, 0.1) is 0 Å². The minimum absolute atomic E-state index is 0. The van der Waals surface area contributed by atoms with Crippen LogP contribution in [0.1, 0.15) is 10.4 Å². The topological polar surface area (TPSA) is 108 Å². The number of hydrogen-bond acceptors (Lipinski definition) is 6. The van der Waals surface area contributed by atoms with Crippen molar-refractivity contribution >= 4 is 33.8 Å². The van der Waals surface area contributed by atoms with E-state index in [1.165, 1.54) is 31.4 Å². The molecule has 3 N–H and O–H groups in total. The maximum Gasteiger partial charge on any atom is 0.255 e. The van der Waals surface area contributed by atoms with Gasteiger partial charge in [-0.15, -0.1) is 12.4 Å². The van der Waals surface area contributed by atoms with E-state index in [1.807, 2.05) is 0 Å². The van der Waals surface area contributed by atoms with E-state index in [0.717, 1.165) is 0 Å². The summed E-state index contributed by atoms with van der Waals surface area (Å²) in [7, 11) is -1.97. The molecule has 2 aromatic rings. The van der Waals surface area contributed by atoms with Crippen LogP contribution in [0.4, 0.5) is 5.69 Å². The molecule has 2 aromatic carbocycles. The first-order valence-electron chi connectivity index (χ1n) is 8.02. The molecule has 27 heavy (non-hydrogen) atoms. The Morgan fingerprint density at radius 1 is 1.04 bits per heavy atom. The highest BCUT2D eigenvalue weighted by Gasteiger charge is 2.15. The van der Waals surface area contributed by atoms with E-state index < -0.39 is 9.84 Å². The first-order valence-corrected chi connectivity index (χ1v) is 9.67. The second-order valence-electron chi connectivity index (χ2n) is 5.45. The van der Waals surface area contributed by atoms with Crippen LogP contribution < -0.4 is 15.8 Å². The van der Waals surface area contributed by atoms with Crippen LogP contribution in [0.3, 0.4) is 0 Å². The van der Waals surface area contributed by atoms with E-state index in [-0.39, 0.29) is 35.6 Å². The van der Waals surface area contributed by atoms with Crippen molar-refractivity contribution in [2.24, 2.45) is 5.73 Å². The number of carbonyl (C=O) groups excluding carboxylic acids is 1. The number of amides is 1. The van der Waals surface area contributed by atoms with Gasteiger partial charge in [0.2, 0.25) is 0 Å². The molecule has 1 amide bonds. The van der Waals surface area contributed by atoms with Gasteiger partial charge in [-0.1, -0.05) is 0 Å². The highest BCUT2D eigenvalue weighted by Crippen LogP contribution is 2.17. The Kier molecular flexibility index (Phi) is 9.23. The van der Waals surface area contributed by atoms with Crippen molar-refractivity contribution in [1.29, 1.82) is 0 Å². The third-order valence-electron chi connectivity index (χ3n) is 3.53. The van der Waals surface area contributed by atoms with Crippen LogP contribution in [0.25, 0.3) is 0 Å². The molecule has 0 aliphatic rings. The number of nitrogens with one attached hydrogen (secondary N) is 1. The van der Waals surface area contributed by atoms with E-state index in [2.05, 4.69) is 5.32 Å². The van der Waals surface area contributed by atoms with Gasteiger partial charge < -0.3 is 20.5 Å². The quantitative estimate of drug-likeness (QED) is 0.650. The van der Waals surface area contributed by atoms with Gasteiger partial charge in [0.25, 0.3) is 5.91 Å². The van der Waals surface area contributed by atoms with Crippen LogP contribution >= 0.6 is 12.4 Å². The van der Waals surface area contributed by atoms with E-state index >= 15 is 0 Å². The van der Waals surface area contributed by atoms with Gasteiger partial charge in [0, 0.05) is 24.9 Å². The molecular weight excluding hydrogens is 392 g/mol. The zero-order valence-electron chi connectivity index (χ0n) is 14.9. The summed E-state index contributed by atoms with van der Waals surface area (Å²) in [5.41, 5.74) is 6.34. The summed E-state index contributed by atoms with van der Waals surface area (Å²) in [5, 5.41) is 2.75. The first kappa shape index (κ1) is 22.9. The highest BCUT2D eigenvalue weighted by atomic mass is 35.5. The van der Waals surface area contributed by atoms with Crippen LogP contribution in [-0.2, 0) is 14.6 Å². The molecular formula is C18H23ClN2O5S. The molecule has 0 spiro atoms. The van der Waals surface area contributed by atoms with Crippen LogP contribution in [-0.4, -0.2) is 46.9 Å². The maximum atomic E-state index is 12.3. The molecule has 0 atom stereocenters. The third kappa shape index (κ3) is 6.84. The van der Waals surface area contributed by atoms with Gasteiger partial charge >= 0.3 is 0 Å². The summed E-state index contributed by atoms with van der Waals surface area (Å²) in [4.78, 5) is 12.4. The van der Waals surface area contributed by atoms with Crippen LogP contribution in [0.2, 0.25) is 0 Å². The van der Waals surface area contributed by atoms with E-state index in [9.17, 15) is 13.2 Å². The molecule has 0 bridgehead atoms. The average molecular weight is 415 g/mol. The standard InChI is InChI=1S/C18H22N2O5S.ClH/c1-24-12-13-26(22,23)17-8-2-14(3-9-17)18(21)20-15-4-6-16(7-5-15)25-11-10-19;/h2-9H,10-13,19H2,1H3,(H,20,21);1H. The predicted molar refractivity (Wildman–Crippen MR) is 107 cm³/mol. The Hall–Kier alpha value is -2.13. The van der Waals surface area contributed by atoms with Gasteiger partial charge in [-0.05, 0) is 48.5 Å². The molecule has 0 aliphatic heterocycles. The molecule has 0 saturated carbocycles. The summed E-state index contributed by atoms with van der Waals surface area (Å²) in [6.07, 6.45) is 0. The van der Waals surface area contributed by atoms with Gasteiger partial charge in [0.15, 0.2) is 9.84 Å². The largest absolute Gasteiger partial charge is 0.492 e. The lowest BCUT2D eigenvalue weighted by molar-refractivity contribution is 0.102. The van der Waals surface area contributed by atoms with E-state index in [0.29, 0.717) is 30.2 Å². The third-order valence-corrected chi connectivity index (χ3v) is 5.23. The van der Waals surface area contributed by atoms with Crippen molar-refractivity contribution in [1.82, 2.24) is 0 Å². The summed E-state index contributed by atoms with van der Waals surface area (Å²) in [6.45, 7) is 0.969. The number of anilines is 1. The zero-order chi connectivity index (χ0) is 19.0. The molecule has 7 nitrogen and oxygen atoms in total. The molecule has 2 rings (SSSR count). The Morgan fingerprint density at radius 3 is 2.22 bits per heavy atom. The van der Waals surface area contributed by atoms with Gasteiger partial charge in [0.1, 0.15) is 12.4 Å². The van der Waals surface area contributed by atoms with Crippen molar-refractivity contribution in [3.63, 3.8) is 0 Å². The maximum absolute atomic E-state index is 12.3. The minimum atomic E-state index is -3.42. The Morgan fingerprint density at radius 2 is 1.67 bits per heavy atom. The average Bonchev–Trinajstić information content (AvgIpc) is 2.66. The van der Waals surface area contributed by atoms with Gasteiger partial charge in [0.05, 0.1) is 17.3 Å². The molecule has 0 saturated heterocycles. The molecule has 0 aliphatic carbocycles. The fraction of sp³-hybridized carbons (Fsp3) is 0.278. The van der Waals surface area contributed by atoms with Gasteiger partial charge in [-0.3, -0.25) is 4.79 Å². The van der Waals surface area contributed by atoms with Crippen LogP contribution in [0.15, 0.2) is 53.4 Å². The number of rotatable bonds is 9. The molecule has 0 aromatic heterocycles. The number of ether oxygens (including phenoxy) is 2. The Labute approximate surface area is 165 Å². The molecule has 0 fully saturated rings. The summed E-state index contributed by atoms with van der Waals surface area (Å²) >= 11 is 0. The molecule has 9 heteroatoms. The number of carbonyl (C=O) groups is 1. The number of halogens is 1. The fourth-order valence-electron chi connectivity index (χ4n) is 2.14. The lowest BCUT2D eigenvalue weighted by Crippen LogP contribution is -2.14. The monoisotopic (exact) mass is 414 g/mol. The van der Waals surface area contributed by atoms with Gasteiger partial charge in [-0.25, -0.2) is 8.42 Å². The number of hydrogen-bond donors (Lipinski definition) is 2. The van der Waals surface area contributed by atoms with Crippen molar-refractivity contribution in [2.75, 3.05) is 37.9 Å². The number of nitrogens with two attached hydrogens (primary N) is 1. The highest BCUT2D eigenvalue weighted by molar-refractivity contribution is 7.91. The van der Waals surface area contributed by atoms with E-state index in [1.54, 1.807) is 24.3 Å². The van der Waals surface area contributed by atoms with E-state index in [4.69, 9.17) is 15.2 Å². The predicted octanol–water partition coefficient (Wildman–Crippen LogP) is 2.12. The number of sulfone groups is 1. The zero-order valence-corrected chi connectivity index (χ0v) is 16.5. The normalized spacial score (nSPS) is 10.7. The SMILES string of the molecule is COCCS(=O)(=O)c1ccc(C(=O)Nc2ccc(OCCN)cc2)cc1.Cl. The second-order valence-corrected chi connectivity index (χ2v) is 7.56. The van der Waals surface area contributed by atoms with Crippen molar-refractivity contribution < 1.29 is 22.7 Å². The minimum Gasteiger partial charge on any atom is -0.492 e. The lowest BCUT2D eigenvalue weighted by atomic mass is 10.2. The summed E-state index contributed by atoms with van der Waals surface area (Å²) < 4.78 is 34.3. The molecule has 0 heterocycles. The van der Waals surface area contributed by atoms with Crippen molar-refractivity contribution in [3.8, 4) is 5.75 Å².